The molecule has 2 N–H and O–H groups in total. The van der Waals surface area contributed by atoms with Crippen molar-refractivity contribution >= 4 is 11.6 Å². The second-order valence-corrected chi connectivity index (χ2v) is 4.56. The molecule has 0 atom stereocenters. The zero-order chi connectivity index (χ0) is 13.2. The first kappa shape index (κ1) is 11.8. The van der Waals surface area contributed by atoms with E-state index in [2.05, 4.69) is 20.9 Å². The summed E-state index contributed by atoms with van der Waals surface area (Å²) in [7, 11) is 1.61. The minimum atomic E-state index is 0.580. The van der Waals surface area contributed by atoms with Gasteiger partial charge in [0.2, 0.25) is 11.8 Å². The van der Waals surface area contributed by atoms with Crippen LogP contribution >= 0.6 is 0 Å². The van der Waals surface area contributed by atoms with Crippen LogP contribution in [0.15, 0.2) is 30.5 Å². The van der Waals surface area contributed by atoms with Gasteiger partial charge in [0.05, 0.1) is 7.11 Å². The number of benzene rings is 1. The van der Waals surface area contributed by atoms with E-state index in [4.69, 9.17) is 10.5 Å². The van der Waals surface area contributed by atoms with Crippen molar-refractivity contribution in [2.24, 2.45) is 0 Å². The number of nitrogen functional groups attached to an aromatic ring is 1. The first-order chi connectivity index (χ1) is 9.28. The lowest BCUT2D eigenvalue weighted by Crippen LogP contribution is -2.32. The zero-order valence-electron chi connectivity index (χ0n) is 10.8. The summed E-state index contributed by atoms with van der Waals surface area (Å²) in [5.74, 6) is 1.27. The number of nitrogens with zero attached hydrogens (tertiary/aromatic N) is 3. The van der Waals surface area contributed by atoms with Crippen LogP contribution in [0.1, 0.15) is 11.1 Å². The molecule has 0 fully saturated rings. The summed E-state index contributed by atoms with van der Waals surface area (Å²) in [5.41, 5.74) is 9.38. The highest BCUT2D eigenvalue weighted by Gasteiger charge is 2.20. The quantitative estimate of drug-likeness (QED) is 0.827. The zero-order valence-corrected chi connectivity index (χ0v) is 10.8. The topological polar surface area (TPSA) is 64.3 Å². The minimum Gasteiger partial charge on any atom is -0.481 e. The van der Waals surface area contributed by atoms with Crippen molar-refractivity contribution in [1.29, 1.82) is 0 Å². The summed E-state index contributed by atoms with van der Waals surface area (Å²) in [6.07, 6.45) is 2.67. The van der Waals surface area contributed by atoms with Gasteiger partial charge in [-0.05, 0) is 23.6 Å². The monoisotopic (exact) mass is 256 g/mol. The standard InChI is InChI=1S/C14H16N4O/c1-19-13-5-7-16-14(17-13)18-8-6-10-3-2-4-12(15)11(10)9-18/h2-5,7H,6,8-9,15H2,1H3. The minimum absolute atomic E-state index is 0.580. The lowest BCUT2D eigenvalue weighted by Gasteiger charge is -2.29. The molecule has 0 aliphatic carbocycles. The Kier molecular flexibility index (Phi) is 2.95. The van der Waals surface area contributed by atoms with E-state index in [1.807, 2.05) is 12.1 Å². The van der Waals surface area contributed by atoms with Crippen molar-refractivity contribution in [1.82, 2.24) is 9.97 Å². The third kappa shape index (κ3) is 2.19. The average Bonchev–Trinajstić information content (AvgIpc) is 2.47. The Morgan fingerprint density at radius 2 is 2.21 bits per heavy atom. The summed E-state index contributed by atoms with van der Waals surface area (Å²) in [4.78, 5) is 10.8. The Labute approximate surface area is 112 Å². The van der Waals surface area contributed by atoms with Gasteiger partial charge in [0.1, 0.15) is 0 Å². The Bertz CT molecular complexity index is 600. The molecule has 1 aliphatic heterocycles. The van der Waals surface area contributed by atoms with Gasteiger partial charge in [-0.15, -0.1) is 0 Å². The number of methoxy groups -OCH3 is 1. The van der Waals surface area contributed by atoms with Crippen molar-refractivity contribution < 1.29 is 4.74 Å². The molecule has 0 saturated carbocycles. The van der Waals surface area contributed by atoms with Gasteiger partial charge in [0.15, 0.2) is 0 Å². The molecule has 1 aliphatic rings. The molecule has 0 bridgehead atoms. The number of nitrogens with two attached hydrogens (primary N) is 1. The van der Waals surface area contributed by atoms with Crippen LogP contribution in [0, 0.1) is 0 Å². The number of hydrogen-bond donors (Lipinski definition) is 1. The van der Waals surface area contributed by atoms with Crippen LogP contribution in [-0.2, 0) is 13.0 Å². The lowest BCUT2D eigenvalue weighted by molar-refractivity contribution is 0.396. The first-order valence-corrected chi connectivity index (χ1v) is 6.26. The van der Waals surface area contributed by atoms with Gasteiger partial charge in [-0.3, -0.25) is 0 Å². The van der Waals surface area contributed by atoms with Gasteiger partial charge in [-0.1, -0.05) is 12.1 Å². The number of fused-ring (bicyclic) bond motifs is 1. The van der Waals surface area contributed by atoms with Gasteiger partial charge in [-0.25, -0.2) is 4.98 Å². The molecular formula is C14H16N4O. The van der Waals surface area contributed by atoms with Crippen LogP contribution in [0.4, 0.5) is 11.6 Å². The predicted molar refractivity (Wildman–Crippen MR) is 74.2 cm³/mol. The van der Waals surface area contributed by atoms with Crippen molar-refractivity contribution in [2.75, 3.05) is 24.3 Å². The molecule has 0 radical (unpaired) electrons. The van der Waals surface area contributed by atoms with E-state index in [1.165, 1.54) is 11.1 Å². The molecule has 2 heterocycles. The Balaban J connectivity index is 1.91. The fourth-order valence-corrected chi connectivity index (χ4v) is 2.38. The third-order valence-corrected chi connectivity index (χ3v) is 3.42. The first-order valence-electron chi connectivity index (χ1n) is 6.26. The number of rotatable bonds is 2. The molecule has 0 unspecified atom stereocenters. The maximum Gasteiger partial charge on any atom is 0.228 e. The van der Waals surface area contributed by atoms with Crippen LogP contribution in [0.25, 0.3) is 0 Å². The van der Waals surface area contributed by atoms with Crippen molar-refractivity contribution in [3.63, 3.8) is 0 Å². The van der Waals surface area contributed by atoms with E-state index in [1.54, 1.807) is 19.4 Å². The fourth-order valence-electron chi connectivity index (χ4n) is 2.38. The Morgan fingerprint density at radius 1 is 1.32 bits per heavy atom. The molecule has 98 valence electrons. The van der Waals surface area contributed by atoms with Crippen molar-refractivity contribution in [2.45, 2.75) is 13.0 Å². The summed E-state index contributed by atoms with van der Waals surface area (Å²) in [6.45, 7) is 1.64. The highest BCUT2D eigenvalue weighted by molar-refractivity contribution is 5.54. The third-order valence-electron chi connectivity index (χ3n) is 3.42. The molecule has 1 aromatic carbocycles. The van der Waals surface area contributed by atoms with E-state index in [0.29, 0.717) is 11.8 Å². The summed E-state index contributed by atoms with van der Waals surface area (Å²) in [6, 6.07) is 7.83. The van der Waals surface area contributed by atoms with Gasteiger partial charge >= 0.3 is 0 Å². The maximum absolute atomic E-state index is 6.05. The highest BCUT2D eigenvalue weighted by Crippen LogP contribution is 2.26. The average molecular weight is 256 g/mol. The molecule has 3 rings (SSSR count). The van der Waals surface area contributed by atoms with E-state index in [9.17, 15) is 0 Å². The number of hydrogen-bond acceptors (Lipinski definition) is 5. The molecule has 1 aromatic heterocycles. The molecule has 5 nitrogen and oxygen atoms in total. The van der Waals surface area contributed by atoms with Crippen LogP contribution in [-0.4, -0.2) is 23.6 Å². The molecule has 5 heteroatoms. The predicted octanol–water partition coefficient (Wildman–Crippen LogP) is 1.63. The van der Waals surface area contributed by atoms with Crippen molar-refractivity contribution in [3.8, 4) is 5.88 Å². The fraction of sp³-hybridized carbons (Fsp3) is 0.286. The summed E-state index contributed by atoms with van der Waals surface area (Å²) in [5, 5.41) is 0. The summed E-state index contributed by atoms with van der Waals surface area (Å²) < 4.78 is 5.14. The maximum atomic E-state index is 6.05. The van der Waals surface area contributed by atoms with E-state index >= 15 is 0 Å². The number of ether oxygens (including phenoxy) is 1. The Morgan fingerprint density at radius 3 is 3.05 bits per heavy atom. The normalized spacial score (nSPS) is 14.1. The van der Waals surface area contributed by atoms with E-state index < -0.39 is 0 Å². The van der Waals surface area contributed by atoms with Crippen LogP contribution < -0.4 is 15.4 Å². The number of anilines is 2. The second-order valence-electron chi connectivity index (χ2n) is 4.56. The largest absolute Gasteiger partial charge is 0.481 e. The smallest absolute Gasteiger partial charge is 0.228 e. The van der Waals surface area contributed by atoms with E-state index in [-0.39, 0.29) is 0 Å². The molecule has 0 spiro atoms. The Hall–Kier alpha value is -2.30. The molecule has 19 heavy (non-hydrogen) atoms. The molecular weight excluding hydrogens is 240 g/mol. The van der Waals surface area contributed by atoms with Gasteiger partial charge in [0, 0.05) is 31.0 Å². The van der Waals surface area contributed by atoms with Gasteiger partial charge < -0.3 is 15.4 Å². The SMILES string of the molecule is COc1ccnc(N2CCc3cccc(N)c3C2)n1. The number of aromatic nitrogens is 2. The second kappa shape index (κ2) is 4.76. The van der Waals surface area contributed by atoms with Crippen molar-refractivity contribution in [3.05, 3.63) is 41.6 Å². The highest BCUT2D eigenvalue weighted by atomic mass is 16.5. The lowest BCUT2D eigenvalue weighted by atomic mass is 9.98. The van der Waals surface area contributed by atoms with Crippen LogP contribution in [0.5, 0.6) is 5.88 Å². The molecule has 0 amide bonds. The molecule has 0 saturated heterocycles. The van der Waals surface area contributed by atoms with Crippen LogP contribution in [0.3, 0.4) is 0 Å². The van der Waals surface area contributed by atoms with Gasteiger partial charge in [0.25, 0.3) is 0 Å². The molecule has 2 aromatic rings. The summed E-state index contributed by atoms with van der Waals surface area (Å²) >= 11 is 0. The van der Waals surface area contributed by atoms with E-state index in [0.717, 1.165) is 25.2 Å². The van der Waals surface area contributed by atoms with Crippen LogP contribution in [0.2, 0.25) is 0 Å². The van der Waals surface area contributed by atoms with Gasteiger partial charge in [-0.2, -0.15) is 4.98 Å².